The van der Waals surface area contributed by atoms with Gasteiger partial charge in [0.15, 0.2) is 0 Å². The molecule has 0 aliphatic carbocycles. The summed E-state index contributed by atoms with van der Waals surface area (Å²) >= 11 is 6.14. The number of alkyl carbamates (subject to hydrolysis) is 1. The Morgan fingerprint density at radius 3 is 2.24 bits per heavy atom. The molecule has 3 rings (SSSR count). The van der Waals surface area contributed by atoms with Crippen molar-refractivity contribution in [1.82, 2.24) is 10.2 Å². The smallest absolute Gasteiger partial charge is 0.407 e. The number of hydrogen-bond acceptors (Lipinski definition) is 4. The fraction of sp³-hybridized carbons (Fsp3) is 0.318. The summed E-state index contributed by atoms with van der Waals surface area (Å²) in [5, 5.41) is 3.19. The monoisotopic (exact) mass is 414 g/mol. The molecule has 3 amide bonds. The molecule has 0 saturated heterocycles. The van der Waals surface area contributed by atoms with Crippen LogP contribution in [0.25, 0.3) is 0 Å². The lowest BCUT2D eigenvalue weighted by Crippen LogP contribution is -2.38. The van der Waals surface area contributed by atoms with E-state index in [1.54, 1.807) is 63.2 Å². The van der Waals surface area contributed by atoms with Crippen LogP contribution in [0.15, 0.2) is 48.5 Å². The number of carbonyl (C=O) groups excluding carboxylic acids is 3. The molecule has 0 saturated carbocycles. The zero-order valence-electron chi connectivity index (χ0n) is 16.6. The van der Waals surface area contributed by atoms with Gasteiger partial charge in [-0.15, -0.1) is 0 Å². The average molecular weight is 415 g/mol. The standard InChI is InChI=1S/C22H23ClN2O4/c1-22(2,3)29-21(28)24-12-11-18(14-7-6-8-15(23)13-14)25-19(26)16-9-4-5-10-17(16)20(25)27/h4-10,13,18H,11-12H2,1-3H3,(H,24,28). The summed E-state index contributed by atoms with van der Waals surface area (Å²) < 4.78 is 5.24. The summed E-state index contributed by atoms with van der Waals surface area (Å²) in [5.41, 5.74) is 0.867. The van der Waals surface area contributed by atoms with Crippen LogP contribution in [-0.2, 0) is 4.74 Å². The van der Waals surface area contributed by atoms with Crippen molar-refractivity contribution in [2.75, 3.05) is 6.54 Å². The Morgan fingerprint density at radius 1 is 1.07 bits per heavy atom. The molecule has 2 aromatic rings. The van der Waals surface area contributed by atoms with E-state index in [1.165, 1.54) is 4.90 Å². The van der Waals surface area contributed by atoms with Gasteiger partial charge in [0.2, 0.25) is 0 Å². The summed E-state index contributed by atoms with van der Waals surface area (Å²) in [7, 11) is 0. The molecular formula is C22H23ClN2O4. The van der Waals surface area contributed by atoms with Crippen LogP contribution in [0, 0.1) is 0 Å². The van der Waals surface area contributed by atoms with Gasteiger partial charge in [0, 0.05) is 11.6 Å². The van der Waals surface area contributed by atoms with E-state index in [0.29, 0.717) is 22.6 Å². The van der Waals surface area contributed by atoms with Gasteiger partial charge in [-0.2, -0.15) is 0 Å². The molecule has 1 N–H and O–H groups in total. The van der Waals surface area contributed by atoms with Gasteiger partial charge in [-0.1, -0.05) is 35.9 Å². The zero-order chi connectivity index (χ0) is 21.2. The van der Waals surface area contributed by atoms with Gasteiger partial charge in [0.05, 0.1) is 17.2 Å². The normalized spacial score (nSPS) is 14.6. The molecule has 1 aliphatic heterocycles. The first-order valence-corrected chi connectivity index (χ1v) is 9.74. The Morgan fingerprint density at radius 2 is 1.69 bits per heavy atom. The number of nitrogens with one attached hydrogen (secondary N) is 1. The Balaban J connectivity index is 1.83. The van der Waals surface area contributed by atoms with E-state index >= 15 is 0 Å². The fourth-order valence-electron chi connectivity index (χ4n) is 3.27. The first-order valence-electron chi connectivity index (χ1n) is 9.36. The van der Waals surface area contributed by atoms with E-state index in [-0.39, 0.29) is 18.4 Å². The number of benzene rings is 2. The van der Waals surface area contributed by atoms with Gasteiger partial charge in [0.1, 0.15) is 5.60 Å². The van der Waals surface area contributed by atoms with Gasteiger partial charge >= 0.3 is 6.09 Å². The molecule has 29 heavy (non-hydrogen) atoms. The number of ether oxygens (including phenoxy) is 1. The Kier molecular flexibility index (Phi) is 5.94. The SMILES string of the molecule is CC(C)(C)OC(=O)NCCC(c1cccc(Cl)c1)N1C(=O)c2ccccc2C1=O. The number of hydrogen-bond donors (Lipinski definition) is 1. The van der Waals surface area contributed by atoms with Crippen LogP contribution < -0.4 is 5.32 Å². The summed E-state index contributed by atoms with van der Waals surface area (Å²) in [4.78, 5) is 39.1. The van der Waals surface area contributed by atoms with Crippen molar-refractivity contribution in [3.05, 3.63) is 70.2 Å². The van der Waals surface area contributed by atoms with E-state index in [2.05, 4.69) is 5.32 Å². The van der Waals surface area contributed by atoms with Crippen molar-refractivity contribution in [2.24, 2.45) is 0 Å². The summed E-state index contributed by atoms with van der Waals surface area (Å²) in [5.74, 6) is -0.708. The highest BCUT2D eigenvalue weighted by Gasteiger charge is 2.40. The topological polar surface area (TPSA) is 75.7 Å². The molecule has 152 valence electrons. The number of amides is 3. The van der Waals surface area contributed by atoms with Crippen LogP contribution in [0.3, 0.4) is 0 Å². The number of rotatable bonds is 5. The minimum Gasteiger partial charge on any atom is -0.444 e. The second kappa shape index (κ2) is 8.25. The van der Waals surface area contributed by atoms with Gasteiger partial charge in [0.25, 0.3) is 11.8 Å². The van der Waals surface area contributed by atoms with Crippen molar-refractivity contribution in [2.45, 2.75) is 38.8 Å². The Bertz CT molecular complexity index is 917. The lowest BCUT2D eigenvalue weighted by atomic mass is 10.0. The highest BCUT2D eigenvalue weighted by molar-refractivity contribution is 6.30. The highest BCUT2D eigenvalue weighted by atomic mass is 35.5. The third-order valence-electron chi connectivity index (χ3n) is 4.46. The quantitative estimate of drug-likeness (QED) is 0.726. The zero-order valence-corrected chi connectivity index (χ0v) is 17.3. The van der Waals surface area contributed by atoms with Gasteiger partial charge in [-0.05, 0) is 57.0 Å². The molecule has 0 bridgehead atoms. The summed E-state index contributed by atoms with van der Waals surface area (Å²) in [6.45, 7) is 5.56. The molecule has 6 nitrogen and oxygen atoms in total. The Hall–Kier alpha value is -2.86. The molecule has 1 atom stereocenters. The third kappa shape index (κ3) is 4.77. The van der Waals surface area contributed by atoms with Crippen molar-refractivity contribution in [3.8, 4) is 0 Å². The minimum atomic E-state index is -0.612. The first-order chi connectivity index (χ1) is 13.7. The highest BCUT2D eigenvalue weighted by Crippen LogP contribution is 2.34. The molecule has 0 fully saturated rings. The predicted molar refractivity (Wildman–Crippen MR) is 110 cm³/mol. The van der Waals surface area contributed by atoms with E-state index in [1.807, 2.05) is 6.07 Å². The predicted octanol–water partition coefficient (Wildman–Crippen LogP) is 4.59. The van der Waals surface area contributed by atoms with Crippen molar-refractivity contribution in [1.29, 1.82) is 0 Å². The second-order valence-corrected chi connectivity index (χ2v) is 8.25. The summed E-state index contributed by atoms with van der Waals surface area (Å²) in [6, 6.07) is 13.2. The van der Waals surface area contributed by atoms with E-state index in [0.717, 1.165) is 5.56 Å². The van der Waals surface area contributed by atoms with E-state index < -0.39 is 17.7 Å². The van der Waals surface area contributed by atoms with E-state index in [9.17, 15) is 14.4 Å². The minimum absolute atomic E-state index is 0.222. The summed E-state index contributed by atoms with van der Waals surface area (Å²) in [6.07, 6.45) is -0.227. The molecule has 1 unspecified atom stereocenters. The van der Waals surface area contributed by atoms with Crippen molar-refractivity contribution < 1.29 is 19.1 Å². The fourth-order valence-corrected chi connectivity index (χ4v) is 3.47. The van der Waals surface area contributed by atoms with Gasteiger partial charge < -0.3 is 10.1 Å². The van der Waals surface area contributed by atoms with Crippen molar-refractivity contribution >= 4 is 29.5 Å². The Labute approximate surface area is 174 Å². The number of imide groups is 1. The molecule has 7 heteroatoms. The maximum Gasteiger partial charge on any atom is 0.407 e. The molecule has 0 radical (unpaired) electrons. The average Bonchev–Trinajstić information content (AvgIpc) is 2.89. The lowest BCUT2D eigenvalue weighted by molar-refractivity contribution is 0.0517. The second-order valence-electron chi connectivity index (χ2n) is 7.81. The van der Waals surface area contributed by atoms with Crippen LogP contribution in [0.4, 0.5) is 4.79 Å². The molecular weight excluding hydrogens is 392 g/mol. The van der Waals surface area contributed by atoms with Crippen LogP contribution in [0.2, 0.25) is 5.02 Å². The van der Waals surface area contributed by atoms with Crippen LogP contribution in [0.5, 0.6) is 0 Å². The third-order valence-corrected chi connectivity index (χ3v) is 4.69. The maximum atomic E-state index is 13.0. The molecule has 1 heterocycles. The van der Waals surface area contributed by atoms with Gasteiger partial charge in [-0.3, -0.25) is 14.5 Å². The van der Waals surface area contributed by atoms with Gasteiger partial charge in [-0.25, -0.2) is 4.79 Å². The van der Waals surface area contributed by atoms with Crippen LogP contribution in [-0.4, -0.2) is 35.0 Å². The van der Waals surface area contributed by atoms with Crippen LogP contribution >= 0.6 is 11.6 Å². The van der Waals surface area contributed by atoms with E-state index in [4.69, 9.17) is 16.3 Å². The van der Waals surface area contributed by atoms with Crippen LogP contribution in [0.1, 0.15) is 59.5 Å². The largest absolute Gasteiger partial charge is 0.444 e. The number of fused-ring (bicyclic) bond motifs is 1. The van der Waals surface area contributed by atoms with Crippen molar-refractivity contribution in [3.63, 3.8) is 0 Å². The molecule has 1 aliphatic rings. The first kappa shape index (κ1) is 20.9. The number of nitrogens with zero attached hydrogens (tertiary/aromatic N) is 1. The maximum absolute atomic E-state index is 13.0. The number of carbonyl (C=O) groups is 3. The molecule has 2 aromatic carbocycles. The lowest BCUT2D eigenvalue weighted by Gasteiger charge is -2.27. The molecule has 0 aromatic heterocycles. The number of halogens is 1. The molecule has 0 spiro atoms.